The fourth-order valence-corrected chi connectivity index (χ4v) is 4.75. The van der Waals surface area contributed by atoms with Crippen molar-refractivity contribution in [3.63, 3.8) is 0 Å². The van der Waals surface area contributed by atoms with Crippen molar-refractivity contribution in [2.24, 2.45) is 0 Å². The Labute approximate surface area is 157 Å². The highest BCUT2D eigenvalue weighted by Gasteiger charge is 2.21. The van der Waals surface area contributed by atoms with Gasteiger partial charge in [0.2, 0.25) is 0 Å². The van der Waals surface area contributed by atoms with Crippen molar-refractivity contribution in [3.8, 4) is 17.0 Å². The molecule has 0 aliphatic heterocycles. The van der Waals surface area contributed by atoms with E-state index in [4.69, 9.17) is 4.74 Å². The monoisotopic (exact) mass is 388 g/mol. The first-order valence-corrected chi connectivity index (χ1v) is 10.4. The van der Waals surface area contributed by atoms with E-state index in [9.17, 15) is 8.42 Å². The van der Waals surface area contributed by atoms with Crippen LogP contribution in [0.3, 0.4) is 0 Å². The second-order valence-electron chi connectivity index (χ2n) is 6.10. The summed E-state index contributed by atoms with van der Waals surface area (Å²) in [5, 5.41) is 2.16. The van der Waals surface area contributed by atoms with Crippen LogP contribution in [0.1, 0.15) is 16.7 Å². The van der Waals surface area contributed by atoms with Gasteiger partial charge in [-0.3, -0.25) is 4.72 Å². The van der Waals surface area contributed by atoms with Crippen molar-refractivity contribution >= 4 is 26.5 Å². The summed E-state index contributed by atoms with van der Waals surface area (Å²) in [6, 6.07) is 11.1. The van der Waals surface area contributed by atoms with Gasteiger partial charge < -0.3 is 4.74 Å². The fourth-order valence-electron chi connectivity index (χ4n) is 2.52. The Morgan fingerprint density at radius 1 is 1.04 bits per heavy atom. The van der Waals surface area contributed by atoms with Gasteiger partial charge in [-0.15, -0.1) is 11.3 Å². The molecule has 0 atom stereocenters. The number of nitrogens with zero attached hydrogens (tertiary/aromatic N) is 1. The van der Waals surface area contributed by atoms with Gasteiger partial charge in [0.1, 0.15) is 10.6 Å². The molecular weight excluding hydrogens is 368 g/mol. The van der Waals surface area contributed by atoms with E-state index in [1.165, 1.54) is 29.6 Å². The summed E-state index contributed by atoms with van der Waals surface area (Å²) in [7, 11) is -2.34. The molecule has 0 fully saturated rings. The highest BCUT2D eigenvalue weighted by molar-refractivity contribution is 7.93. The molecule has 3 rings (SSSR count). The van der Waals surface area contributed by atoms with Crippen LogP contribution < -0.4 is 9.46 Å². The Balaban J connectivity index is 1.91. The third-order valence-corrected chi connectivity index (χ3v) is 6.38. The van der Waals surface area contributed by atoms with Crippen LogP contribution in [0.15, 0.2) is 46.7 Å². The lowest BCUT2D eigenvalue weighted by Crippen LogP contribution is -2.14. The number of rotatable bonds is 5. The zero-order valence-electron chi connectivity index (χ0n) is 15.0. The second-order valence-corrected chi connectivity index (χ2v) is 8.61. The molecule has 0 amide bonds. The molecule has 5 nitrogen and oxygen atoms in total. The number of hydrogen-bond acceptors (Lipinski definition) is 5. The van der Waals surface area contributed by atoms with Crippen LogP contribution in [0, 0.1) is 20.8 Å². The number of sulfonamides is 1. The molecule has 2 aromatic carbocycles. The maximum Gasteiger partial charge on any atom is 0.267 e. The van der Waals surface area contributed by atoms with E-state index in [0.717, 1.165) is 16.8 Å². The zero-order chi connectivity index (χ0) is 18.9. The van der Waals surface area contributed by atoms with E-state index in [1.54, 1.807) is 18.2 Å². The van der Waals surface area contributed by atoms with Crippen LogP contribution in [0.4, 0.5) is 5.13 Å². The van der Waals surface area contributed by atoms with E-state index in [1.807, 2.05) is 37.4 Å². The van der Waals surface area contributed by atoms with Gasteiger partial charge >= 0.3 is 0 Å². The summed E-state index contributed by atoms with van der Waals surface area (Å²) >= 11 is 1.25. The third-order valence-electron chi connectivity index (χ3n) is 4.14. The molecular formula is C19H20N2O3S2. The largest absolute Gasteiger partial charge is 0.495 e. The molecule has 3 aromatic rings. The predicted molar refractivity (Wildman–Crippen MR) is 106 cm³/mol. The number of aryl methyl sites for hydroxylation is 3. The van der Waals surface area contributed by atoms with Crippen molar-refractivity contribution < 1.29 is 13.2 Å². The van der Waals surface area contributed by atoms with Crippen molar-refractivity contribution in [1.29, 1.82) is 0 Å². The van der Waals surface area contributed by atoms with Crippen LogP contribution in [-0.4, -0.2) is 20.5 Å². The van der Waals surface area contributed by atoms with Crippen LogP contribution in [0.25, 0.3) is 11.3 Å². The van der Waals surface area contributed by atoms with Gasteiger partial charge in [-0.25, -0.2) is 13.4 Å². The maximum atomic E-state index is 12.8. The number of hydrogen-bond donors (Lipinski definition) is 1. The van der Waals surface area contributed by atoms with E-state index in [0.29, 0.717) is 10.9 Å². The number of methoxy groups -OCH3 is 1. The van der Waals surface area contributed by atoms with Gasteiger partial charge in [-0.1, -0.05) is 18.2 Å². The molecule has 7 heteroatoms. The summed E-state index contributed by atoms with van der Waals surface area (Å²) in [6.07, 6.45) is 0. The molecule has 1 N–H and O–H groups in total. The Morgan fingerprint density at radius 3 is 2.50 bits per heavy atom. The van der Waals surface area contributed by atoms with Gasteiger partial charge in [0.15, 0.2) is 5.13 Å². The van der Waals surface area contributed by atoms with Crippen molar-refractivity contribution in [3.05, 3.63) is 58.5 Å². The minimum absolute atomic E-state index is 0.0999. The fraction of sp³-hybridized carbons (Fsp3) is 0.211. The predicted octanol–water partition coefficient (Wildman–Crippen LogP) is 4.54. The lowest BCUT2D eigenvalue weighted by Gasteiger charge is -2.10. The quantitative estimate of drug-likeness (QED) is 0.696. The van der Waals surface area contributed by atoms with Gasteiger partial charge in [0.25, 0.3) is 10.0 Å². The van der Waals surface area contributed by atoms with Gasteiger partial charge in [-0.2, -0.15) is 0 Å². The first-order valence-electron chi connectivity index (χ1n) is 8.01. The molecule has 1 heterocycles. The zero-order valence-corrected chi connectivity index (χ0v) is 16.7. The topological polar surface area (TPSA) is 68.3 Å². The van der Waals surface area contributed by atoms with E-state index >= 15 is 0 Å². The van der Waals surface area contributed by atoms with Crippen molar-refractivity contribution in [2.45, 2.75) is 25.7 Å². The number of nitrogens with one attached hydrogen (secondary N) is 1. The lowest BCUT2D eigenvalue weighted by molar-refractivity contribution is 0.402. The molecule has 0 saturated carbocycles. The first kappa shape index (κ1) is 18.4. The summed E-state index contributed by atoms with van der Waals surface area (Å²) in [5.74, 6) is 0.300. The molecule has 26 heavy (non-hydrogen) atoms. The molecule has 0 saturated heterocycles. The summed E-state index contributed by atoms with van der Waals surface area (Å²) in [4.78, 5) is 4.53. The Hall–Kier alpha value is -2.38. The molecule has 0 bridgehead atoms. The van der Waals surface area contributed by atoms with E-state index in [2.05, 4.69) is 16.6 Å². The minimum atomic E-state index is -3.79. The number of aromatic nitrogens is 1. The molecule has 0 aliphatic rings. The average molecular weight is 389 g/mol. The molecule has 1 aromatic heterocycles. The first-order chi connectivity index (χ1) is 12.3. The van der Waals surface area contributed by atoms with Crippen LogP contribution in [0.5, 0.6) is 5.75 Å². The van der Waals surface area contributed by atoms with Gasteiger partial charge in [0, 0.05) is 10.9 Å². The van der Waals surface area contributed by atoms with Gasteiger partial charge in [0.05, 0.1) is 12.8 Å². The Morgan fingerprint density at radius 2 is 1.81 bits per heavy atom. The molecule has 0 aliphatic carbocycles. The van der Waals surface area contributed by atoms with Crippen molar-refractivity contribution in [2.75, 3.05) is 11.8 Å². The SMILES string of the molecule is COc1ccc(C)cc1S(=O)(=O)Nc1nc(-c2ccc(C)c(C)c2)cs1. The second kappa shape index (κ2) is 7.09. The number of thiazole rings is 1. The maximum absolute atomic E-state index is 12.8. The lowest BCUT2D eigenvalue weighted by atomic mass is 10.1. The van der Waals surface area contributed by atoms with E-state index in [-0.39, 0.29) is 4.90 Å². The average Bonchev–Trinajstić information content (AvgIpc) is 3.05. The van der Waals surface area contributed by atoms with Crippen molar-refractivity contribution in [1.82, 2.24) is 4.98 Å². The van der Waals surface area contributed by atoms with Gasteiger partial charge in [-0.05, 0) is 55.7 Å². The minimum Gasteiger partial charge on any atom is -0.495 e. The molecule has 0 spiro atoms. The number of benzene rings is 2. The highest BCUT2D eigenvalue weighted by Crippen LogP contribution is 2.30. The van der Waals surface area contributed by atoms with Crippen LogP contribution in [-0.2, 0) is 10.0 Å². The summed E-state index contributed by atoms with van der Waals surface area (Å²) < 4.78 is 33.2. The number of anilines is 1. The standard InChI is InChI=1S/C19H20N2O3S2/c1-12-5-8-17(24-4)18(9-12)26(22,23)21-19-20-16(11-25-19)15-7-6-13(2)14(3)10-15/h5-11H,1-4H3,(H,20,21). The van der Waals surface area contributed by atoms with Crippen LogP contribution in [0.2, 0.25) is 0 Å². The molecule has 0 radical (unpaired) electrons. The Kier molecular flexibility index (Phi) is 5.02. The molecule has 136 valence electrons. The normalized spacial score (nSPS) is 11.4. The summed E-state index contributed by atoms with van der Waals surface area (Å²) in [6.45, 7) is 5.92. The molecule has 0 unspecified atom stereocenters. The van der Waals surface area contributed by atoms with E-state index < -0.39 is 10.0 Å². The Bertz CT molecular complexity index is 1060. The number of ether oxygens (including phenoxy) is 1. The summed E-state index contributed by atoms with van der Waals surface area (Å²) in [5.41, 5.74) is 4.91. The highest BCUT2D eigenvalue weighted by atomic mass is 32.2. The van der Waals surface area contributed by atoms with Crippen LogP contribution >= 0.6 is 11.3 Å². The third kappa shape index (κ3) is 3.73. The smallest absolute Gasteiger partial charge is 0.267 e.